The molecule has 0 spiro atoms. The van der Waals surface area contributed by atoms with Crippen molar-refractivity contribution in [3.8, 4) is 0 Å². The monoisotopic (exact) mass is 221 g/mol. The summed E-state index contributed by atoms with van der Waals surface area (Å²) in [6, 6.07) is 8.05. The van der Waals surface area contributed by atoms with Gasteiger partial charge in [0.05, 0.1) is 0 Å². The van der Waals surface area contributed by atoms with Gasteiger partial charge in [0.15, 0.2) is 0 Å². The van der Waals surface area contributed by atoms with Crippen molar-refractivity contribution in [2.45, 2.75) is 11.3 Å². The van der Waals surface area contributed by atoms with Crippen LogP contribution in [-0.2, 0) is 11.2 Å². The minimum absolute atomic E-state index is 0.0233. The first-order valence-electron chi connectivity index (χ1n) is 4.66. The molecule has 0 bridgehead atoms. The van der Waals surface area contributed by atoms with Crippen LogP contribution in [0.4, 0.5) is 0 Å². The molecule has 1 aromatic carbocycles. The van der Waals surface area contributed by atoms with Crippen molar-refractivity contribution in [3.05, 3.63) is 42.1 Å². The number of fused-ring (bicyclic) bond motifs is 1. The zero-order valence-corrected chi connectivity index (χ0v) is 8.91. The van der Waals surface area contributed by atoms with Crippen LogP contribution in [0.5, 0.6) is 0 Å². The molecule has 4 heteroatoms. The van der Waals surface area contributed by atoms with E-state index in [9.17, 15) is 4.79 Å². The Hall–Kier alpha value is -1.42. The van der Waals surface area contributed by atoms with Crippen LogP contribution < -0.4 is 0 Å². The number of carboxylic acid groups (broad SMARTS) is 1. The Bertz CT molecular complexity index is 403. The fourth-order valence-electron chi connectivity index (χ4n) is 1.43. The van der Waals surface area contributed by atoms with E-state index in [4.69, 9.17) is 5.11 Å². The Morgan fingerprint density at radius 1 is 1.47 bits per heavy atom. The second kappa shape index (κ2) is 4.40. The third-order valence-corrected chi connectivity index (χ3v) is 3.17. The molecule has 1 aromatic rings. The largest absolute Gasteiger partial charge is 0.480 e. The SMILES string of the molecule is O=C(O)CN1C=CCc2ccccc2S1. The van der Waals surface area contributed by atoms with Gasteiger partial charge in [0, 0.05) is 11.1 Å². The molecule has 1 heterocycles. The van der Waals surface area contributed by atoms with E-state index in [0.717, 1.165) is 11.3 Å². The quantitative estimate of drug-likeness (QED) is 0.777. The maximum Gasteiger partial charge on any atom is 0.324 e. The van der Waals surface area contributed by atoms with Gasteiger partial charge in [-0.2, -0.15) is 0 Å². The number of allylic oxidation sites excluding steroid dienone is 1. The van der Waals surface area contributed by atoms with Gasteiger partial charge in [-0.05, 0) is 30.0 Å². The molecule has 0 amide bonds. The Morgan fingerprint density at radius 2 is 2.27 bits per heavy atom. The van der Waals surface area contributed by atoms with Crippen LogP contribution in [0.25, 0.3) is 0 Å². The van der Waals surface area contributed by atoms with Gasteiger partial charge in [0.25, 0.3) is 0 Å². The molecule has 3 nitrogen and oxygen atoms in total. The molecule has 0 saturated heterocycles. The van der Waals surface area contributed by atoms with Gasteiger partial charge in [-0.15, -0.1) is 0 Å². The number of rotatable bonds is 2. The molecule has 0 aromatic heterocycles. The van der Waals surface area contributed by atoms with E-state index in [0.29, 0.717) is 0 Å². The van der Waals surface area contributed by atoms with E-state index < -0.39 is 5.97 Å². The molecule has 0 fully saturated rings. The van der Waals surface area contributed by atoms with E-state index >= 15 is 0 Å². The van der Waals surface area contributed by atoms with E-state index in [1.165, 1.54) is 17.5 Å². The van der Waals surface area contributed by atoms with E-state index in [2.05, 4.69) is 6.07 Å². The fraction of sp³-hybridized carbons (Fsp3) is 0.182. The molecule has 0 aliphatic carbocycles. The normalized spacial score (nSPS) is 14.5. The first-order valence-corrected chi connectivity index (χ1v) is 5.44. The van der Waals surface area contributed by atoms with Gasteiger partial charge in [0.1, 0.15) is 6.54 Å². The Morgan fingerprint density at radius 3 is 3.07 bits per heavy atom. The van der Waals surface area contributed by atoms with Crippen LogP contribution in [0.1, 0.15) is 5.56 Å². The summed E-state index contributed by atoms with van der Waals surface area (Å²) in [4.78, 5) is 11.7. The summed E-state index contributed by atoms with van der Waals surface area (Å²) < 4.78 is 1.73. The Balaban J connectivity index is 2.19. The Labute approximate surface area is 92.5 Å². The third kappa shape index (κ3) is 2.53. The van der Waals surface area contributed by atoms with Crippen molar-refractivity contribution in [1.82, 2.24) is 4.31 Å². The first kappa shape index (κ1) is 10.1. The zero-order valence-electron chi connectivity index (χ0n) is 8.09. The van der Waals surface area contributed by atoms with Gasteiger partial charge >= 0.3 is 5.97 Å². The second-order valence-corrected chi connectivity index (χ2v) is 4.35. The predicted molar refractivity (Wildman–Crippen MR) is 59.5 cm³/mol. The lowest BCUT2D eigenvalue weighted by molar-refractivity contribution is -0.136. The average Bonchev–Trinajstić information content (AvgIpc) is 2.38. The van der Waals surface area contributed by atoms with Crippen molar-refractivity contribution in [2.24, 2.45) is 0 Å². The third-order valence-electron chi connectivity index (χ3n) is 2.09. The van der Waals surface area contributed by atoms with Crippen LogP contribution in [-0.4, -0.2) is 21.9 Å². The van der Waals surface area contributed by atoms with Gasteiger partial charge in [-0.3, -0.25) is 4.79 Å². The molecule has 78 valence electrons. The highest BCUT2D eigenvalue weighted by Gasteiger charge is 2.12. The molecule has 1 N–H and O–H groups in total. The summed E-state index contributed by atoms with van der Waals surface area (Å²) in [5, 5.41) is 8.72. The van der Waals surface area contributed by atoms with Gasteiger partial charge in [-0.25, -0.2) is 0 Å². The summed E-state index contributed by atoms with van der Waals surface area (Å²) in [7, 11) is 0. The number of hydrogen-bond donors (Lipinski definition) is 1. The molecule has 0 unspecified atom stereocenters. The van der Waals surface area contributed by atoms with Crippen molar-refractivity contribution in [2.75, 3.05) is 6.54 Å². The lowest BCUT2D eigenvalue weighted by atomic mass is 10.1. The lowest BCUT2D eigenvalue weighted by Crippen LogP contribution is -2.17. The predicted octanol–water partition coefficient (Wildman–Crippen LogP) is 2.15. The summed E-state index contributed by atoms with van der Waals surface area (Å²) in [6.45, 7) is 0.0233. The van der Waals surface area contributed by atoms with Crippen LogP contribution in [0.2, 0.25) is 0 Å². The molecule has 1 aliphatic heterocycles. The van der Waals surface area contributed by atoms with Crippen LogP contribution in [0, 0.1) is 0 Å². The zero-order chi connectivity index (χ0) is 10.7. The van der Waals surface area contributed by atoms with Crippen molar-refractivity contribution in [3.63, 3.8) is 0 Å². The fourth-order valence-corrected chi connectivity index (χ4v) is 2.42. The highest BCUT2D eigenvalue weighted by Crippen LogP contribution is 2.29. The van der Waals surface area contributed by atoms with E-state index in [1.54, 1.807) is 4.31 Å². The summed E-state index contributed by atoms with van der Waals surface area (Å²) in [5.74, 6) is -0.813. The van der Waals surface area contributed by atoms with Crippen molar-refractivity contribution < 1.29 is 9.90 Å². The molecule has 15 heavy (non-hydrogen) atoms. The number of nitrogens with zero attached hydrogens (tertiary/aromatic N) is 1. The minimum Gasteiger partial charge on any atom is -0.480 e. The molecule has 0 saturated carbocycles. The van der Waals surface area contributed by atoms with Crippen molar-refractivity contribution in [1.29, 1.82) is 0 Å². The number of benzene rings is 1. The molecular formula is C11H11NO2S. The van der Waals surface area contributed by atoms with Crippen LogP contribution >= 0.6 is 11.9 Å². The van der Waals surface area contributed by atoms with Crippen LogP contribution in [0.3, 0.4) is 0 Å². The van der Waals surface area contributed by atoms with Gasteiger partial charge in [0.2, 0.25) is 0 Å². The molecule has 0 radical (unpaired) electrons. The maximum absolute atomic E-state index is 10.6. The molecule has 1 aliphatic rings. The lowest BCUT2D eigenvalue weighted by Gasteiger charge is -2.15. The highest BCUT2D eigenvalue weighted by atomic mass is 32.2. The maximum atomic E-state index is 10.6. The smallest absolute Gasteiger partial charge is 0.324 e. The number of carbonyl (C=O) groups is 1. The number of aliphatic carboxylic acids is 1. The standard InChI is InChI=1S/C11H11NO2S/c13-11(14)8-12-7-3-5-9-4-1-2-6-10(9)15-12/h1-4,6-7H,5,8H2,(H,13,14). The van der Waals surface area contributed by atoms with E-state index in [1.807, 2.05) is 30.5 Å². The second-order valence-electron chi connectivity index (χ2n) is 3.26. The summed E-state index contributed by atoms with van der Waals surface area (Å²) in [6.07, 6.45) is 4.68. The van der Waals surface area contributed by atoms with E-state index in [-0.39, 0.29) is 6.54 Å². The Kier molecular flexibility index (Phi) is 2.97. The van der Waals surface area contributed by atoms with Crippen LogP contribution in [0.15, 0.2) is 41.4 Å². The minimum atomic E-state index is -0.813. The van der Waals surface area contributed by atoms with Gasteiger partial charge < -0.3 is 9.41 Å². The number of hydrogen-bond acceptors (Lipinski definition) is 3. The summed E-state index contributed by atoms with van der Waals surface area (Å²) >= 11 is 1.47. The van der Waals surface area contributed by atoms with Gasteiger partial charge in [-0.1, -0.05) is 24.3 Å². The molecule has 2 rings (SSSR count). The summed E-state index contributed by atoms with van der Waals surface area (Å²) in [5.41, 5.74) is 1.24. The highest BCUT2D eigenvalue weighted by molar-refractivity contribution is 7.97. The van der Waals surface area contributed by atoms with Crippen molar-refractivity contribution >= 4 is 17.9 Å². The first-order chi connectivity index (χ1) is 7.25. The topological polar surface area (TPSA) is 40.5 Å². The molecule has 0 atom stereocenters. The molecular weight excluding hydrogens is 210 g/mol. The average molecular weight is 221 g/mol. The number of carboxylic acids is 1.